The number of alkyl halides is 4. The highest BCUT2D eigenvalue weighted by atomic mass is 19.4. The molecular weight excluding hydrogens is 502 g/mol. The molecule has 1 aliphatic rings. The SMILES string of the molecule is COCCC(=O)N1C[C@H](F)[C@H](NC(=O)c2cc(-c3cc(C(F)(F)F)c4c(N)ncnn34)cnc2OC)C1. The minimum Gasteiger partial charge on any atom is -0.480 e. The molecule has 2 amide bonds. The Labute approximate surface area is 207 Å². The van der Waals surface area contributed by atoms with Crippen LogP contribution in [0.4, 0.5) is 23.4 Å². The first-order chi connectivity index (χ1) is 17.5. The fourth-order valence-corrected chi connectivity index (χ4v) is 4.10. The first-order valence-electron chi connectivity index (χ1n) is 11.0. The Bertz CT molecular complexity index is 1330. The summed E-state index contributed by atoms with van der Waals surface area (Å²) in [5.41, 5.74) is 4.06. The fourth-order valence-electron chi connectivity index (χ4n) is 4.10. The molecule has 4 heterocycles. The van der Waals surface area contributed by atoms with Gasteiger partial charge in [-0.2, -0.15) is 18.3 Å². The number of rotatable bonds is 7. The van der Waals surface area contributed by atoms with Crippen molar-refractivity contribution < 1.29 is 36.6 Å². The number of hydrogen-bond acceptors (Lipinski definition) is 8. The van der Waals surface area contributed by atoms with E-state index in [0.717, 1.165) is 16.9 Å². The predicted octanol–water partition coefficient (Wildman–Crippen LogP) is 1.72. The predicted molar refractivity (Wildman–Crippen MR) is 121 cm³/mol. The van der Waals surface area contributed by atoms with Crippen molar-refractivity contribution in [2.75, 3.05) is 39.6 Å². The van der Waals surface area contributed by atoms with Crippen molar-refractivity contribution in [2.24, 2.45) is 0 Å². The molecule has 4 rings (SSSR count). The van der Waals surface area contributed by atoms with Crippen LogP contribution < -0.4 is 15.8 Å². The van der Waals surface area contributed by atoms with E-state index in [-0.39, 0.29) is 60.5 Å². The zero-order valence-corrected chi connectivity index (χ0v) is 19.8. The smallest absolute Gasteiger partial charge is 0.418 e. The zero-order valence-electron chi connectivity index (χ0n) is 19.8. The van der Waals surface area contributed by atoms with Gasteiger partial charge in [0.25, 0.3) is 5.91 Å². The van der Waals surface area contributed by atoms with E-state index in [4.69, 9.17) is 15.2 Å². The van der Waals surface area contributed by atoms with Gasteiger partial charge in [0.1, 0.15) is 23.6 Å². The van der Waals surface area contributed by atoms with Crippen LogP contribution in [0.25, 0.3) is 16.8 Å². The van der Waals surface area contributed by atoms with Crippen LogP contribution >= 0.6 is 0 Å². The maximum absolute atomic E-state index is 14.6. The van der Waals surface area contributed by atoms with Crippen LogP contribution in [0.15, 0.2) is 24.7 Å². The van der Waals surface area contributed by atoms with Crippen molar-refractivity contribution in [3.63, 3.8) is 0 Å². The lowest BCUT2D eigenvalue weighted by Gasteiger charge is -2.17. The molecule has 0 spiro atoms. The number of likely N-dealkylation sites (tertiary alicyclic amines) is 1. The molecule has 0 saturated carbocycles. The molecule has 198 valence electrons. The minimum absolute atomic E-state index is 0.0558. The number of amides is 2. The number of nitrogens with zero attached hydrogens (tertiary/aromatic N) is 5. The molecule has 2 atom stereocenters. The third-order valence-corrected chi connectivity index (χ3v) is 5.91. The zero-order chi connectivity index (χ0) is 26.9. The molecular formula is C22H23F4N7O4. The molecule has 1 fully saturated rings. The van der Waals surface area contributed by atoms with Crippen molar-refractivity contribution >= 4 is 23.1 Å². The third kappa shape index (κ3) is 5.12. The lowest BCUT2D eigenvalue weighted by atomic mass is 10.1. The Balaban J connectivity index is 1.65. The number of halogens is 4. The van der Waals surface area contributed by atoms with Crippen molar-refractivity contribution in [3.8, 4) is 17.1 Å². The number of aromatic nitrogens is 4. The number of carbonyl (C=O) groups excluding carboxylic acids is 2. The van der Waals surface area contributed by atoms with E-state index in [9.17, 15) is 27.2 Å². The molecule has 3 aromatic rings. The van der Waals surface area contributed by atoms with Gasteiger partial charge in [0, 0.05) is 25.4 Å². The number of nitrogen functional groups attached to an aromatic ring is 1. The molecule has 3 N–H and O–H groups in total. The van der Waals surface area contributed by atoms with Gasteiger partial charge >= 0.3 is 6.18 Å². The number of hydrogen-bond donors (Lipinski definition) is 2. The van der Waals surface area contributed by atoms with Crippen LogP contribution in [0.5, 0.6) is 5.88 Å². The van der Waals surface area contributed by atoms with E-state index in [0.29, 0.717) is 0 Å². The summed E-state index contributed by atoms with van der Waals surface area (Å²) in [5, 5.41) is 6.40. The molecule has 11 nitrogen and oxygen atoms in total. The van der Waals surface area contributed by atoms with E-state index in [1.165, 1.54) is 31.4 Å². The Morgan fingerprint density at radius 3 is 2.65 bits per heavy atom. The molecule has 0 aromatic carbocycles. The average Bonchev–Trinajstić information content (AvgIpc) is 3.44. The second-order valence-corrected chi connectivity index (χ2v) is 8.27. The van der Waals surface area contributed by atoms with Crippen LogP contribution in [0.1, 0.15) is 22.3 Å². The van der Waals surface area contributed by atoms with Gasteiger partial charge in [0.05, 0.1) is 44.0 Å². The van der Waals surface area contributed by atoms with Crippen LogP contribution in [-0.2, 0) is 15.7 Å². The molecule has 0 bridgehead atoms. The van der Waals surface area contributed by atoms with Gasteiger partial charge in [0.15, 0.2) is 5.82 Å². The maximum atomic E-state index is 14.6. The van der Waals surface area contributed by atoms with Crippen molar-refractivity contribution in [3.05, 3.63) is 35.8 Å². The highest BCUT2D eigenvalue weighted by Crippen LogP contribution is 2.39. The number of nitrogens with one attached hydrogen (secondary N) is 1. The number of nitrogens with two attached hydrogens (primary N) is 1. The molecule has 1 saturated heterocycles. The van der Waals surface area contributed by atoms with E-state index in [1.807, 2.05) is 0 Å². The van der Waals surface area contributed by atoms with Gasteiger partial charge in [-0.05, 0) is 12.1 Å². The molecule has 15 heteroatoms. The summed E-state index contributed by atoms with van der Waals surface area (Å²) in [7, 11) is 2.70. The fraction of sp³-hybridized carbons (Fsp3) is 0.409. The number of pyridine rings is 1. The first kappa shape index (κ1) is 26.1. The first-order valence-corrected chi connectivity index (χ1v) is 11.0. The number of anilines is 1. The van der Waals surface area contributed by atoms with E-state index >= 15 is 0 Å². The molecule has 0 radical (unpaired) electrons. The number of ether oxygens (including phenoxy) is 2. The highest BCUT2D eigenvalue weighted by Gasteiger charge is 2.38. The van der Waals surface area contributed by atoms with Crippen LogP contribution in [0.2, 0.25) is 0 Å². The number of carbonyl (C=O) groups is 2. The Morgan fingerprint density at radius 1 is 1.22 bits per heavy atom. The van der Waals surface area contributed by atoms with Gasteiger partial charge in [-0.3, -0.25) is 9.59 Å². The summed E-state index contributed by atoms with van der Waals surface area (Å²) < 4.78 is 66.6. The summed E-state index contributed by atoms with van der Waals surface area (Å²) in [5.74, 6) is -1.61. The standard InChI is InChI=1S/C22H23F4N7O4/c1-36-4-3-17(34)32-8-14(23)15(9-32)31-20(35)12-5-11(7-28-21(12)37-2)16-6-13(22(24,25)26)18-19(27)29-10-30-33(16)18/h5-7,10,14-15H,3-4,8-9H2,1-2H3,(H,31,35)(H2,27,29,30)/t14-,15+/m0/s1. The van der Waals surface area contributed by atoms with Gasteiger partial charge in [-0.1, -0.05) is 0 Å². The van der Waals surface area contributed by atoms with E-state index in [2.05, 4.69) is 20.4 Å². The minimum atomic E-state index is -4.76. The Kier molecular flexibility index (Phi) is 7.16. The number of fused-ring (bicyclic) bond motifs is 1. The Hall–Kier alpha value is -4.01. The van der Waals surface area contributed by atoms with Crippen LogP contribution in [-0.4, -0.2) is 82.4 Å². The largest absolute Gasteiger partial charge is 0.480 e. The summed E-state index contributed by atoms with van der Waals surface area (Å²) in [6.45, 7) is -0.0697. The van der Waals surface area contributed by atoms with E-state index in [1.54, 1.807) is 0 Å². The van der Waals surface area contributed by atoms with Gasteiger partial charge in [-0.25, -0.2) is 18.9 Å². The normalized spacial score (nSPS) is 17.8. The molecule has 37 heavy (non-hydrogen) atoms. The summed E-state index contributed by atoms with van der Waals surface area (Å²) in [4.78, 5) is 34.2. The maximum Gasteiger partial charge on any atom is 0.418 e. The average molecular weight is 525 g/mol. The molecule has 1 aliphatic heterocycles. The molecule has 0 unspecified atom stereocenters. The van der Waals surface area contributed by atoms with Crippen LogP contribution in [0, 0.1) is 0 Å². The topological polar surface area (TPSA) is 137 Å². The molecule has 3 aromatic heterocycles. The summed E-state index contributed by atoms with van der Waals surface area (Å²) in [6, 6.07) is 1.07. The van der Waals surface area contributed by atoms with Gasteiger partial charge in [-0.15, -0.1) is 0 Å². The Morgan fingerprint density at radius 2 is 1.97 bits per heavy atom. The van der Waals surface area contributed by atoms with Crippen molar-refractivity contribution in [1.82, 2.24) is 29.8 Å². The lowest BCUT2D eigenvalue weighted by molar-refractivity contribution is -0.136. The van der Waals surface area contributed by atoms with Crippen molar-refractivity contribution in [2.45, 2.75) is 24.8 Å². The van der Waals surface area contributed by atoms with Crippen molar-refractivity contribution in [1.29, 1.82) is 0 Å². The second kappa shape index (κ2) is 10.2. The quantitative estimate of drug-likeness (QED) is 0.445. The van der Waals surface area contributed by atoms with Crippen LogP contribution in [0.3, 0.4) is 0 Å². The van der Waals surface area contributed by atoms with E-state index < -0.39 is 35.4 Å². The third-order valence-electron chi connectivity index (χ3n) is 5.91. The highest BCUT2D eigenvalue weighted by molar-refractivity contribution is 5.98. The monoisotopic (exact) mass is 525 g/mol. The summed E-state index contributed by atoms with van der Waals surface area (Å²) >= 11 is 0. The second-order valence-electron chi connectivity index (χ2n) is 8.27. The summed E-state index contributed by atoms with van der Waals surface area (Å²) in [6.07, 6.45) is -4.01. The number of methoxy groups -OCH3 is 2. The molecule has 0 aliphatic carbocycles. The van der Waals surface area contributed by atoms with Gasteiger partial charge in [0.2, 0.25) is 11.8 Å². The lowest BCUT2D eigenvalue weighted by Crippen LogP contribution is -2.42. The van der Waals surface area contributed by atoms with Gasteiger partial charge < -0.3 is 25.4 Å².